The van der Waals surface area contributed by atoms with Gasteiger partial charge < -0.3 is 122 Å². The second-order valence-electron chi connectivity index (χ2n) is 38.1. The van der Waals surface area contributed by atoms with Gasteiger partial charge in [0.05, 0.1) is 12.6 Å². The molecular weight excluding hydrogens is 1790 g/mol. The predicted octanol–water partition coefficient (Wildman–Crippen LogP) is 13.7. The fraction of sp³-hybridized carbons (Fsp3) is 0.678. The summed E-state index contributed by atoms with van der Waals surface area (Å²) in [6.07, 6.45) is -1.41. The standard InChI is InChI=1S/C90H149N23O24/c1-45(2)40-58(73(127)110-90(24,25)83(137)113-39-29-32-60(113)75(129)105-65(47(5)6)76(130)111-89(22,23)82(136)112-88(20,21)81(135)102-56(34-37-62(92)117)71(125)101-55(33-36-61(91)116)70(124)99-54(44-114)42-53-30-27-26-28-31-53)100-64(119)43-94-77(131)84(12,13)109-74(128)59(41-46(3)4)104-80(134)87(18,19)108-72(126)57(35-38-63(93)118)103-79(133)86(16,17)107-69(123)51(10)97-67(121)49(8)95-66(120)48(7)96-68(122)50(9)98-78(132)85(14,15)106-52(11)115/h26-28,30-31,45-51,54-60,65,114H,29,32-44H2,1-25H3,(H2,91,116)(H2,92,117)(H2,93,118)(H,94,131)(H,95,120)(H,96,122)(H,97,121)(H,98,132)(H,99,124)(H,100,119)(H,101,125)(H,102,135)(H,103,133)(H,104,134)(H,105,129)(H,106,115)(H,107,123)(H,108,126)(H,109,128)(H,110,127)(H,111,130)(H,112,136). The minimum atomic E-state index is -1.88. The van der Waals surface area contributed by atoms with Crippen LogP contribution in [0.1, 0.15) is 243 Å². The van der Waals surface area contributed by atoms with E-state index < -0.39 is 273 Å². The quantitative estimate of drug-likeness (QED) is 0.0213. The van der Waals surface area contributed by atoms with Crippen LogP contribution in [0.25, 0.3) is 0 Å². The first-order chi connectivity index (χ1) is 62.8. The number of carbonyl (C=O) groups excluding carboxylic acids is 1. The van der Waals surface area contributed by atoms with E-state index in [1.165, 1.54) is 136 Å². The van der Waals surface area contributed by atoms with E-state index in [1.807, 2.05) is 0 Å². The Labute approximate surface area is 798 Å². The lowest BCUT2D eigenvalue weighted by Crippen LogP contribution is -2.50. The van der Waals surface area contributed by atoms with E-state index in [0.717, 1.165) is 5.56 Å². The Morgan fingerprint density at radius 3 is 1.16 bits per heavy atom. The maximum atomic E-state index is 14.6. The van der Waals surface area contributed by atoms with E-state index in [1.54, 1.807) is 71.9 Å². The molecule has 0 bridgehead atoms. The number of likely N-dealkylation sites (tertiary alicyclic amines) is 1. The van der Waals surface area contributed by atoms with Crippen molar-refractivity contribution in [3.05, 3.63) is 35.9 Å². The van der Waals surface area contributed by atoms with Crippen molar-refractivity contribution in [1.29, 1.82) is 16.2 Å². The van der Waals surface area contributed by atoms with Crippen LogP contribution in [0.5, 0.6) is 0 Å². The predicted molar refractivity (Wildman–Crippen MR) is 539 cm³/mol. The molecule has 1 fully saturated rings. The van der Waals surface area contributed by atoms with Crippen LogP contribution in [0.15, 0.2) is 125 Å². The number of nitrogens with one attached hydrogen (secondary N) is 3. The van der Waals surface area contributed by atoms with Crippen LogP contribution in [0.4, 0.5) is 0 Å². The number of aliphatic hydroxyl groups is 23. The van der Waals surface area contributed by atoms with E-state index in [4.69, 9.17) is 16.2 Å². The Bertz CT molecular complexity index is 4890. The molecule has 0 radical (unpaired) electrons. The highest BCUT2D eigenvalue weighted by molar-refractivity contribution is 6.00. The molecular formula is C90H149N23O24. The maximum absolute atomic E-state index is 14.6. The van der Waals surface area contributed by atoms with Crippen LogP contribution < -0.4 is 0 Å². The molecule has 1 aliphatic rings. The lowest BCUT2D eigenvalue weighted by molar-refractivity contribution is -0.135. The Balaban J connectivity index is 2.53. The highest BCUT2D eigenvalue weighted by Gasteiger charge is 2.44. The number of carbonyl (C=O) groups is 1. The van der Waals surface area contributed by atoms with Gasteiger partial charge in [-0.05, 0) is 199 Å². The Morgan fingerprint density at radius 2 is 0.730 bits per heavy atom. The molecule has 0 aromatic heterocycles. The number of hydrogen-bond donors (Lipinski definition) is 26. The van der Waals surface area contributed by atoms with Gasteiger partial charge in [0.2, 0.25) is 106 Å². The molecule has 2 rings (SSSR count). The molecule has 137 heavy (non-hydrogen) atoms. The zero-order valence-electron chi connectivity index (χ0n) is 83.1. The first-order valence-electron chi connectivity index (χ1n) is 44.8. The third-order valence-corrected chi connectivity index (χ3v) is 20.9. The molecule has 1 aromatic carbocycles. The molecule has 1 amide bonds. The molecule has 12 atom stereocenters. The van der Waals surface area contributed by atoms with Crippen molar-refractivity contribution in [3.63, 3.8) is 0 Å². The van der Waals surface area contributed by atoms with E-state index in [-0.39, 0.29) is 75.6 Å². The second kappa shape index (κ2) is 52.3. The van der Waals surface area contributed by atoms with Gasteiger partial charge >= 0.3 is 0 Å². The number of benzene rings is 1. The van der Waals surface area contributed by atoms with Gasteiger partial charge in [-0.3, -0.25) is 21.0 Å². The van der Waals surface area contributed by atoms with Gasteiger partial charge in [0.15, 0.2) is 23.6 Å². The van der Waals surface area contributed by atoms with Crippen molar-refractivity contribution < 1.29 is 122 Å². The van der Waals surface area contributed by atoms with Crippen LogP contribution in [0, 0.1) is 34.0 Å². The summed E-state index contributed by atoms with van der Waals surface area (Å²) in [5.74, 6) is -17.7. The largest absolute Gasteiger partial charge is 0.497 e. The van der Waals surface area contributed by atoms with E-state index in [2.05, 4.69) is 94.9 Å². The third-order valence-electron chi connectivity index (χ3n) is 20.9. The van der Waals surface area contributed by atoms with Gasteiger partial charge in [0.25, 0.3) is 5.91 Å². The molecule has 768 valence electrons. The van der Waals surface area contributed by atoms with Gasteiger partial charge in [0.1, 0.15) is 112 Å². The first-order valence-corrected chi connectivity index (χ1v) is 44.8. The SMILES string of the molecule is CC(O)=NC(C)(C)C(O)=NC(C)C(O)=NC(C)C(O)=NC(C)C(O)=NC(C)C(O)=NC(C)(C)C(O)=NC(CCC(=N)O)C(O)=NC(C)(C)C(O)=NC(CC(C)C)C(O)=NC(C)(C)C(O)=NCC(O)=NC(CC(C)C)C(O)=NC(C)(C)C(=O)N1CCCC1C(O)=NC(C(O)=NC(C)(C)C(O)=NC(C)(C)C(O)=NC(CCC(=N)O)C(O)=NC(CCC(=N)O)C(O)=NC(CO)Cc1ccccc1)C(C)C. The smallest absolute Gasteiger partial charge is 0.250 e. The molecule has 1 aliphatic heterocycles. The monoisotopic (exact) mass is 1940 g/mol. The molecule has 0 saturated carbocycles. The number of aliphatic hydroxyl groups excluding tert-OH is 23. The van der Waals surface area contributed by atoms with Gasteiger partial charge in [-0.15, -0.1) is 0 Å². The minimum Gasteiger partial charge on any atom is -0.497 e. The van der Waals surface area contributed by atoms with E-state index >= 15 is 0 Å². The van der Waals surface area contributed by atoms with Crippen LogP contribution in [0.2, 0.25) is 0 Å². The highest BCUT2D eigenvalue weighted by atomic mass is 16.3. The normalized spacial score (nSPS) is 19.0. The van der Waals surface area contributed by atoms with Gasteiger partial charge in [-0.2, -0.15) is 0 Å². The summed E-state index contributed by atoms with van der Waals surface area (Å²) in [5, 5.41) is 276. The lowest BCUT2D eigenvalue weighted by atomic mass is 10.0. The van der Waals surface area contributed by atoms with Gasteiger partial charge in [-0.1, -0.05) is 71.9 Å². The Kier molecular flexibility index (Phi) is 45.9. The maximum Gasteiger partial charge on any atom is 0.250 e. The Hall–Kier alpha value is -13.0. The van der Waals surface area contributed by atoms with Crippen LogP contribution in [0.3, 0.4) is 0 Å². The summed E-state index contributed by atoms with van der Waals surface area (Å²) in [4.78, 5) is 95.2. The zero-order valence-corrected chi connectivity index (χ0v) is 83.1. The number of aliphatic imine (C=N–C) groups is 19. The molecule has 47 nitrogen and oxygen atoms in total. The number of nitrogens with zero attached hydrogens (tertiary/aromatic N) is 20. The molecule has 12 unspecified atom stereocenters. The number of amides is 1. The first kappa shape index (κ1) is 120. The third kappa shape index (κ3) is 40.1. The highest BCUT2D eigenvalue weighted by Crippen LogP contribution is 2.30. The van der Waals surface area contributed by atoms with E-state index in [9.17, 15) is 122 Å². The van der Waals surface area contributed by atoms with Crippen molar-refractivity contribution in [1.82, 2.24) is 4.90 Å². The van der Waals surface area contributed by atoms with Crippen LogP contribution >= 0.6 is 0 Å². The topological polar surface area (TPSA) is 792 Å². The lowest BCUT2D eigenvalue weighted by Gasteiger charge is -2.31. The molecule has 47 heteroatoms. The molecule has 0 aliphatic carbocycles. The fourth-order valence-electron chi connectivity index (χ4n) is 12.8. The molecule has 1 aromatic rings. The summed E-state index contributed by atoms with van der Waals surface area (Å²) >= 11 is 0. The van der Waals surface area contributed by atoms with Crippen LogP contribution in [-0.2, 0) is 11.2 Å². The van der Waals surface area contributed by atoms with Crippen molar-refractivity contribution in [2.24, 2.45) is 113 Å². The second-order valence-corrected chi connectivity index (χ2v) is 38.1. The average Bonchev–Trinajstić information content (AvgIpc) is 1.71. The van der Waals surface area contributed by atoms with Crippen LogP contribution in [-0.4, -0.2) is 389 Å². The summed E-state index contributed by atoms with van der Waals surface area (Å²) in [7, 11) is 0. The molecule has 1 saturated heterocycles. The van der Waals surface area contributed by atoms with Crippen molar-refractivity contribution >= 4 is 136 Å². The minimum absolute atomic E-state index is 0.00922. The van der Waals surface area contributed by atoms with Crippen molar-refractivity contribution in [2.75, 3.05) is 19.7 Å². The molecule has 1 heterocycles. The summed E-state index contributed by atoms with van der Waals surface area (Å²) in [5.41, 5.74) is -11.6. The summed E-state index contributed by atoms with van der Waals surface area (Å²) < 4.78 is 0. The molecule has 26 N–H and O–H groups in total. The van der Waals surface area contributed by atoms with Gasteiger partial charge in [-0.25, -0.2) is 94.9 Å². The number of hydrogen-bond acceptors (Lipinski definition) is 24. The van der Waals surface area contributed by atoms with Crippen molar-refractivity contribution in [3.8, 4) is 0 Å². The fourth-order valence-corrected chi connectivity index (χ4v) is 12.8. The van der Waals surface area contributed by atoms with Crippen molar-refractivity contribution in [2.45, 2.75) is 355 Å². The van der Waals surface area contributed by atoms with E-state index in [0.29, 0.717) is 6.42 Å². The zero-order chi connectivity index (χ0) is 105. The number of rotatable bonds is 55. The average molecular weight is 1940 g/mol. The summed E-state index contributed by atoms with van der Waals surface area (Å²) in [6, 6.07) is -6.59. The molecule has 0 spiro atoms. The summed E-state index contributed by atoms with van der Waals surface area (Å²) in [6.45, 7) is 34.9. The Morgan fingerprint density at radius 1 is 0.380 bits per heavy atom. The van der Waals surface area contributed by atoms with Gasteiger partial charge in [0, 0.05) is 32.7 Å².